The van der Waals surface area contributed by atoms with Crippen LogP contribution in [-0.4, -0.2) is 40.7 Å². The van der Waals surface area contributed by atoms with E-state index in [-0.39, 0.29) is 0 Å². The van der Waals surface area contributed by atoms with Crippen LogP contribution in [0.4, 0.5) is 0 Å². The fourth-order valence-electron chi connectivity index (χ4n) is 2.00. The average Bonchev–Trinajstić information content (AvgIpc) is 2.75. The molecule has 1 heterocycles. The first-order valence-corrected chi connectivity index (χ1v) is 7.59. The van der Waals surface area contributed by atoms with Gasteiger partial charge in [0.1, 0.15) is 0 Å². The Morgan fingerprint density at radius 1 is 1.40 bits per heavy atom. The second kappa shape index (κ2) is 9.91. The Labute approximate surface area is 122 Å². The second-order valence-corrected chi connectivity index (χ2v) is 5.30. The van der Waals surface area contributed by atoms with Crippen molar-refractivity contribution >= 4 is 0 Å². The Balaban J connectivity index is 2.02. The zero-order chi connectivity index (χ0) is 14.8. The molecule has 116 valence electrons. The lowest BCUT2D eigenvalue weighted by atomic mass is 10.2. The van der Waals surface area contributed by atoms with E-state index >= 15 is 0 Å². The number of nitrogens with zero attached hydrogens (tertiary/aromatic N) is 2. The highest BCUT2D eigenvalue weighted by Crippen LogP contribution is 2.04. The average molecular weight is 283 g/mol. The Kier molecular flexibility index (Phi) is 8.49. The molecule has 0 radical (unpaired) electrons. The number of aromatic nitrogens is 2. The lowest BCUT2D eigenvalue weighted by Crippen LogP contribution is -2.30. The number of unbranched alkanes of at least 4 members (excludes halogenated alkanes) is 3. The molecule has 1 rings (SSSR count). The maximum atomic E-state index is 9.80. The summed E-state index contributed by atoms with van der Waals surface area (Å²) in [6.45, 7) is 6.67. The number of aliphatic hydroxyl groups excluding tert-OH is 1. The molecule has 0 aromatic carbocycles. The van der Waals surface area contributed by atoms with Crippen LogP contribution in [0.3, 0.4) is 0 Å². The number of rotatable bonds is 11. The van der Waals surface area contributed by atoms with E-state index in [1.165, 1.54) is 24.8 Å². The van der Waals surface area contributed by atoms with E-state index in [2.05, 4.69) is 17.3 Å². The van der Waals surface area contributed by atoms with Crippen LogP contribution < -0.4 is 5.32 Å². The molecular weight excluding hydrogens is 254 g/mol. The lowest BCUT2D eigenvalue weighted by Gasteiger charge is -2.12. The van der Waals surface area contributed by atoms with Gasteiger partial charge in [0.25, 0.3) is 0 Å². The van der Waals surface area contributed by atoms with E-state index in [0.717, 1.165) is 25.3 Å². The smallest absolute Gasteiger partial charge is 0.0897 e. The predicted octanol–water partition coefficient (Wildman–Crippen LogP) is 1.78. The minimum Gasteiger partial charge on any atom is -0.389 e. The SMILES string of the molecule is CCCCCCOCC(O)CNCc1cnn(C)c1C. The molecule has 1 atom stereocenters. The zero-order valence-electron chi connectivity index (χ0n) is 13.1. The summed E-state index contributed by atoms with van der Waals surface area (Å²) in [5.41, 5.74) is 2.32. The molecule has 1 aromatic rings. The second-order valence-electron chi connectivity index (χ2n) is 5.30. The van der Waals surface area contributed by atoms with E-state index < -0.39 is 6.10 Å². The summed E-state index contributed by atoms with van der Waals surface area (Å²) in [6.07, 6.45) is 6.21. The van der Waals surface area contributed by atoms with Gasteiger partial charge in [0.2, 0.25) is 0 Å². The molecule has 5 nitrogen and oxygen atoms in total. The number of nitrogens with one attached hydrogen (secondary N) is 1. The quantitative estimate of drug-likeness (QED) is 0.608. The molecule has 0 bridgehead atoms. The largest absolute Gasteiger partial charge is 0.389 e. The molecule has 20 heavy (non-hydrogen) atoms. The molecule has 0 saturated carbocycles. The molecule has 0 aliphatic carbocycles. The van der Waals surface area contributed by atoms with Gasteiger partial charge in [0.15, 0.2) is 0 Å². The van der Waals surface area contributed by atoms with Crippen molar-refractivity contribution in [2.24, 2.45) is 7.05 Å². The topological polar surface area (TPSA) is 59.3 Å². The third kappa shape index (κ3) is 6.50. The molecule has 0 saturated heterocycles. The highest BCUT2D eigenvalue weighted by Gasteiger charge is 2.06. The molecule has 5 heteroatoms. The van der Waals surface area contributed by atoms with E-state index in [4.69, 9.17) is 4.74 Å². The van der Waals surface area contributed by atoms with Crippen molar-refractivity contribution in [1.82, 2.24) is 15.1 Å². The standard InChI is InChI=1S/C15H29N3O2/c1-4-5-6-7-8-20-12-15(19)11-16-9-14-10-17-18(3)13(14)2/h10,15-16,19H,4-9,11-12H2,1-3H3. The molecule has 0 fully saturated rings. The highest BCUT2D eigenvalue weighted by molar-refractivity contribution is 5.15. The number of aliphatic hydroxyl groups is 1. The summed E-state index contributed by atoms with van der Waals surface area (Å²) in [6, 6.07) is 0. The monoisotopic (exact) mass is 283 g/mol. The summed E-state index contributed by atoms with van der Waals surface area (Å²) in [5.74, 6) is 0. The Morgan fingerprint density at radius 2 is 2.20 bits per heavy atom. The van der Waals surface area contributed by atoms with Crippen LogP contribution in [0.5, 0.6) is 0 Å². The van der Waals surface area contributed by atoms with Crippen molar-refractivity contribution in [1.29, 1.82) is 0 Å². The first-order chi connectivity index (χ1) is 9.65. The normalized spacial score (nSPS) is 12.8. The van der Waals surface area contributed by atoms with E-state index in [0.29, 0.717) is 13.2 Å². The van der Waals surface area contributed by atoms with E-state index in [1.54, 1.807) is 0 Å². The number of hydrogen-bond donors (Lipinski definition) is 2. The summed E-state index contributed by atoms with van der Waals surface area (Å²) in [7, 11) is 1.93. The van der Waals surface area contributed by atoms with Crippen LogP contribution in [-0.2, 0) is 18.3 Å². The van der Waals surface area contributed by atoms with Crippen LogP contribution in [0.2, 0.25) is 0 Å². The summed E-state index contributed by atoms with van der Waals surface area (Å²) in [4.78, 5) is 0. The van der Waals surface area contributed by atoms with Gasteiger partial charge in [-0.05, 0) is 13.3 Å². The number of hydrogen-bond acceptors (Lipinski definition) is 4. The minimum atomic E-state index is -0.446. The lowest BCUT2D eigenvalue weighted by molar-refractivity contribution is 0.0353. The summed E-state index contributed by atoms with van der Waals surface area (Å²) < 4.78 is 7.32. The van der Waals surface area contributed by atoms with Crippen molar-refractivity contribution < 1.29 is 9.84 Å². The van der Waals surface area contributed by atoms with Gasteiger partial charge in [-0.15, -0.1) is 0 Å². The predicted molar refractivity (Wildman–Crippen MR) is 80.6 cm³/mol. The maximum absolute atomic E-state index is 9.80. The van der Waals surface area contributed by atoms with Crippen molar-refractivity contribution in [2.45, 2.75) is 52.2 Å². The fourth-order valence-corrected chi connectivity index (χ4v) is 2.00. The van der Waals surface area contributed by atoms with Gasteiger partial charge in [-0.1, -0.05) is 26.2 Å². The number of ether oxygens (including phenoxy) is 1. The number of aryl methyl sites for hydroxylation is 1. The van der Waals surface area contributed by atoms with Gasteiger partial charge >= 0.3 is 0 Å². The fraction of sp³-hybridized carbons (Fsp3) is 0.800. The minimum absolute atomic E-state index is 0.408. The Bertz CT molecular complexity index is 366. The van der Waals surface area contributed by atoms with Gasteiger partial charge in [-0.3, -0.25) is 4.68 Å². The Morgan fingerprint density at radius 3 is 2.85 bits per heavy atom. The van der Waals surface area contributed by atoms with Gasteiger partial charge < -0.3 is 15.2 Å². The summed E-state index contributed by atoms with van der Waals surface area (Å²) in [5, 5.41) is 17.2. The van der Waals surface area contributed by atoms with Crippen LogP contribution in [0.25, 0.3) is 0 Å². The van der Waals surface area contributed by atoms with Gasteiger partial charge in [-0.25, -0.2) is 0 Å². The molecule has 1 aromatic heterocycles. The zero-order valence-corrected chi connectivity index (χ0v) is 13.1. The van der Waals surface area contributed by atoms with Crippen LogP contribution >= 0.6 is 0 Å². The Hall–Kier alpha value is -0.910. The first kappa shape index (κ1) is 17.1. The van der Waals surface area contributed by atoms with Crippen molar-refractivity contribution in [3.63, 3.8) is 0 Å². The molecular formula is C15H29N3O2. The van der Waals surface area contributed by atoms with Gasteiger partial charge in [0, 0.05) is 38.0 Å². The highest BCUT2D eigenvalue weighted by atomic mass is 16.5. The van der Waals surface area contributed by atoms with Crippen LogP contribution in [0.1, 0.15) is 43.9 Å². The van der Waals surface area contributed by atoms with Crippen LogP contribution in [0, 0.1) is 6.92 Å². The van der Waals surface area contributed by atoms with Crippen molar-refractivity contribution in [2.75, 3.05) is 19.8 Å². The molecule has 0 amide bonds. The molecule has 0 aliphatic rings. The third-order valence-corrected chi connectivity index (χ3v) is 3.48. The van der Waals surface area contributed by atoms with Gasteiger partial charge in [0.05, 0.1) is 18.9 Å². The summed E-state index contributed by atoms with van der Waals surface area (Å²) >= 11 is 0. The molecule has 0 spiro atoms. The van der Waals surface area contributed by atoms with E-state index in [1.807, 2.05) is 24.9 Å². The van der Waals surface area contributed by atoms with Crippen LogP contribution in [0.15, 0.2) is 6.20 Å². The molecule has 2 N–H and O–H groups in total. The first-order valence-electron chi connectivity index (χ1n) is 7.59. The van der Waals surface area contributed by atoms with Crippen molar-refractivity contribution in [3.8, 4) is 0 Å². The van der Waals surface area contributed by atoms with Gasteiger partial charge in [-0.2, -0.15) is 5.10 Å². The molecule has 1 unspecified atom stereocenters. The maximum Gasteiger partial charge on any atom is 0.0897 e. The van der Waals surface area contributed by atoms with E-state index in [9.17, 15) is 5.11 Å². The van der Waals surface area contributed by atoms with Crippen molar-refractivity contribution in [3.05, 3.63) is 17.5 Å². The third-order valence-electron chi connectivity index (χ3n) is 3.48. The molecule has 0 aliphatic heterocycles.